The van der Waals surface area contributed by atoms with E-state index in [1.807, 2.05) is 55.8 Å². The Bertz CT molecular complexity index is 1180. The predicted octanol–water partition coefficient (Wildman–Crippen LogP) is 3.05. The van der Waals surface area contributed by atoms with Crippen LogP contribution in [0.5, 0.6) is 0 Å². The van der Waals surface area contributed by atoms with Gasteiger partial charge in [-0.1, -0.05) is 23.9 Å². The Labute approximate surface area is 192 Å². The summed E-state index contributed by atoms with van der Waals surface area (Å²) in [7, 11) is 1.96. The van der Waals surface area contributed by atoms with E-state index in [2.05, 4.69) is 4.90 Å². The van der Waals surface area contributed by atoms with Gasteiger partial charge in [-0.25, -0.2) is 4.98 Å². The molecule has 0 N–H and O–H groups in total. The lowest BCUT2D eigenvalue weighted by Crippen LogP contribution is -2.37. The summed E-state index contributed by atoms with van der Waals surface area (Å²) in [5.41, 5.74) is 3.38. The zero-order valence-corrected chi connectivity index (χ0v) is 19.8. The number of rotatable bonds is 8. The number of hydrogen-bond donors (Lipinski definition) is 0. The third-order valence-electron chi connectivity index (χ3n) is 6.19. The van der Waals surface area contributed by atoms with Gasteiger partial charge in [0, 0.05) is 50.2 Å². The van der Waals surface area contributed by atoms with Gasteiger partial charge in [-0.05, 0) is 38.5 Å². The number of morpholine rings is 1. The van der Waals surface area contributed by atoms with Crippen LogP contribution in [0.4, 0.5) is 0 Å². The Hall–Kier alpha value is -2.42. The van der Waals surface area contributed by atoms with Gasteiger partial charge in [0.15, 0.2) is 10.9 Å². The summed E-state index contributed by atoms with van der Waals surface area (Å²) in [4.78, 5) is 33.3. The standard InChI is InChI=1S/C24H30N4O3S/c1-17-15-20(18(2)26(17)3)22(29)16-32-24-25-21-8-5-4-7-19(21)23(30)28(24)10-6-9-27-11-13-31-14-12-27/h4-5,7-8,15H,6,9-14,16H2,1-3H3. The highest BCUT2D eigenvalue weighted by atomic mass is 32.2. The number of carbonyl (C=O) groups is 1. The van der Waals surface area contributed by atoms with E-state index in [1.54, 1.807) is 4.57 Å². The van der Waals surface area contributed by atoms with Crippen molar-refractivity contribution in [3.05, 3.63) is 57.6 Å². The molecule has 0 amide bonds. The number of carbonyl (C=O) groups excluding carboxylic acids is 1. The van der Waals surface area contributed by atoms with E-state index in [0.717, 1.165) is 56.2 Å². The van der Waals surface area contributed by atoms with Crippen LogP contribution in [0.3, 0.4) is 0 Å². The second kappa shape index (κ2) is 10.0. The molecule has 0 saturated carbocycles. The second-order valence-corrected chi connectivity index (χ2v) is 9.17. The predicted molar refractivity (Wildman–Crippen MR) is 128 cm³/mol. The lowest BCUT2D eigenvalue weighted by Gasteiger charge is -2.26. The van der Waals surface area contributed by atoms with Crippen molar-refractivity contribution < 1.29 is 9.53 Å². The average Bonchev–Trinajstić information content (AvgIpc) is 3.07. The molecule has 2 aromatic heterocycles. The first-order valence-electron chi connectivity index (χ1n) is 11.0. The van der Waals surface area contributed by atoms with Crippen LogP contribution in [0.25, 0.3) is 10.9 Å². The molecule has 0 radical (unpaired) electrons. The van der Waals surface area contributed by atoms with Crippen LogP contribution < -0.4 is 5.56 Å². The van der Waals surface area contributed by atoms with Gasteiger partial charge in [0.05, 0.1) is 29.9 Å². The summed E-state index contributed by atoms with van der Waals surface area (Å²) in [5.74, 6) is 0.303. The normalized spacial score (nSPS) is 14.8. The molecule has 1 saturated heterocycles. The Kier molecular flexibility index (Phi) is 7.13. The fourth-order valence-electron chi connectivity index (χ4n) is 4.08. The number of aromatic nitrogens is 3. The number of Topliss-reactive ketones (excluding diaryl/α,β-unsaturated/α-hetero) is 1. The first-order chi connectivity index (χ1) is 15.5. The Morgan fingerprint density at radius 3 is 2.62 bits per heavy atom. The first kappa shape index (κ1) is 22.8. The molecule has 1 aliphatic heterocycles. The molecule has 3 aromatic rings. The molecule has 1 aromatic carbocycles. The van der Waals surface area contributed by atoms with Crippen LogP contribution in [0.2, 0.25) is 0 Å². The number of ether oxygens (including phenoxy) is 1. The fourth-order valence-corrected chi connectivity index (χ4v) is 4.99. The maximum Gasteiger partial charge on any atom is 0.262 e. The van der Waals surface area contributed by atoms with Crippen molar-refractivity contribution in [3.63, 3.8) is 0 Å². The van der Waals surface area contributed by atoms with E-state index in [9.17, 15) is 9.59 Å². The van der Waals surface area contributed by atoms with Crippen molar-refractivity contribution in [3.8, 4) is 0 Å². The largest absolute Gasteiger partial charge is 0.379 e. The van der Waals surface area contributed by atoms with Gasteiger partial charge in [-0.2, -0.15) is 0 Å². The summed E-state index contributed by atoms with van der Waals surface area (Å²) < 4.78 is 9.18. The van der Waals surface area contributed by atoms with Crippen LogP contribution in [-0.2, 0) is 18.3 Å². The minimum absolute atomic E-state index is 0.0423. The van der Waals surface area contributed by atoms with Crippen molar-refractivity contribution in [1.82, 2.24) is 19.0 Å². The monoisotopic (exact) mass is 454 g/mol. The van der Waals surface area contributed by atoms with Crippen LogP contribution in [0.15, 0.2) is 40.3 Å². The number of benzene rings is 1. The molecule has 0 bridgehead atoms. The van der Waals surface area contributed by atoms with Gasteiger partial charge in [-0.15, -0.1) is 0 Å². The van der Waals surface area contributed by atoms with Gasteiger partial charge < -0.3 is 9.30 Å². The van der Waals surface area contributed by atoms with E-state index in [1.165, 1.54) is 11.8 Å². The summed E-state index contributed by atoms with van der Waals surface area (Å²) in [6.07, 6.45) is 0.846. The van der Waals surface area contributed by atoms with Gasteiger partial charge >= 0.3 is 0 Å². The minimum atomic E-state index is -0.0423. The van der Waals surface area contributed by atoms with Crippen molar-refractivity contribution in [2.75, 3.05) is 38.6 Å². The number of hydrogen-bond acceptors (Lipinski definition) is 6. The minimum Gasteiger partial charge on any atom is -0.379 e. The number of ketones is 1. The number of nitrogens with zero attached hydrogens (tertiary/aromatic N) is 4. The lowest BCUT2D eigenvalue weighted by atomic mass is 10.2. The highest BCUT2D eigenvalue weighted by Crippen LogP contribution is 2.22. The highest BCUT2D eigenvalue weighted by molar-refractivity contribution is 7.99. The van der Waals surface area contributed by atoms with Crippen molar-refractivity contribution in [2.45, 2.75) is 32.0 Å². The number of thioether (sulfide) groups is 1. The molecular weight excluding hydrogens is 424 g/mol. The average molecular weight is 455 g/mol. The SMILES string of the molecule is Cc1cc(C(=O)CSc2nc3ccccc3c(=O)n2CCCN2CCOCC2)c(C)n1C. The zero-order valence-electron chi connectivity index (χ0n) is 19.0. The van der Waals surface area contributed by atoms with Gasteiger partial charge in [-0.3, -0.25) is 19.1 Å². The fraction of sp³-hybridized carbons (Fsp3) is 0.458. The molecule has 1 fully saturated rings. The number of para-hydroxylation sites is 1. The maximum absolute atomic E-state index is 13.2. The van der Waals surface area contributed by atoms with Crippen LogP contribution in [0, 0.1) is 13.8 Å². The van der Waals surface area contributed by atoms with Crippen LogP contribution in [0.1, 0.15) is 28.2 Å². The van der Waals surface area contributed by atoms with Crippen molar-refractivity contribution in [2.24, 2.45) is 7.05 Å². The molecule has 0 atom stereocenters. The van der Waals surface area contributed by atoms with Gasteiger partial charge in [0.25, 0.3) is 5.56 Å². The van der Waals surface area contributed by atoms with Crippen molar-refractivity contribution in [1.29, 1.82) is 0 Å². The van der Waals surface area contributed by atoms with Gasteiger partial charge in [0.2, 0.25) is 0 Å². The quantitative estimate of drug-likeness (QED) is 0.296. The third kappa shape index (κ3) is 4.82. The van der Waals surface area contributed by atoms with Crippen LogP contribution in [-0.4, -0.2) is 63.4 Å². The Morgan fingerprint density at radius 2 is 1.91 bits per heavy atom. The number of aryl methyl sites for hydroxylation is 1. The highest BCUT2D eigenvalue weighted by Gasteiger charge is 2.18. The van der Waals surface area contributed by atoms with E-state index >= 15 is 0 Å². The summed E-state index contributed by atoms with van der Waals surface area (Å²) in [5, 5.41) is 1.22. The Morgan fingerprint density at radius 1 is 1.16 bits per heavy atom. The van der Waals surface area contributed by atoms with E-state index in [0.29, 0.717) is 22.6 Å². The topological polar surface area (TPSA) is 69.4 Å². The Balaban J connectivity index is 1.54. The first-order valence-corrected chi connectivity index (χ1v) is 12.0. The van der Waals surface area contributed by atoms with E-state index in [-0.39, 0.29) is 17.1 Å². The van der Waals surface area contributed by atoms with E-state index in [4.69, 9.17) is 9.72 Å². The molecular formula is C24H30N4O3S. The van der Waals surface area contributed by atoms with Crippen molar-refractivity contribution >= 4 is 28.4 Å². The molecule has 170 valence electrons. The molecule has 0 spiro atoms. The molecule has 0 aliphatic carbocycles. The summed E-state index contributed by atoms with van der Waals surface area (Å²) >= 11 is 1.35. The summed E-state index contributed by atoms with van der Waals surface area (Å²) in [6, 6.07) is 9.35. The molecule has 1 aliphatic rings. The smallest absolute Gasteiger partial charge is 0.262 e. The van der Waals surface area contributed by atoms with Gasteiger partial charge in [0.1, 0.15) is 0 Å². The third-order valence-corrected chi connectivity index (χ3v) is 7.17. The molecule has 32 heavy (non-hydrogen) atoms. The zero-order chi connectivity index (χ0) is 22.7. The summed E-state index contributed by atoms with van der Waals surface area (Å²) in [6.45, 7) is 8.82. The molecule has 0 unspecified atom stereocenters. The van der Waals surface area contributed by atoms with E-state index < -0.39 is 0 Å². The molecule has 4 rings (SSSR count). The molecule has 8 heteroatoms. The lowest BCUT2D eigenvalue weighted by molar-refractivity contribution is 0.0368. The van der Waals surface area contributed by atoms with Crippen LogP contribution >= 0.6 is 11.8 Å². The molecule has 7 nitrogen and oxygen atoms in total. The second-order valence-electron chi connectivity index (χ2n) is 8.23. The maximum atomic E-state index is 13.2. The number of fused-ring (bicyclic) bond motifs is 1. The molecule has 3 heterocycles.